The van der Waals surface area contributed by atoms with Gasteiger partial charge in [0.15, 0.2) is 0 Å². The number of methoxy groups -OCH3 is 1. The quantitative estimate of drug-likeness (QED) is 0.311. The van der Waals surface area contributed by atoms with E-state index in [0.29, 0.717) is 31.5 Å². The number of anilines is 1. The van der Waals surface area contributed by atoms with Gasteiger partial charge in [-0.3, -0.25) is 4.84 Å². The molecule has 0 aromatic heterocycles. The van der Waals surface area contributed by atoms with Crippen LogP contribution in [0.3, 0.4) is 0 Å². The Balaban J connectivity index is 1.30. The van der Waals surface area contributed by atoms with Crippen molar-refractivity contribution >= 4 is 21.9 Å². The molecule has 4 rings (SSSR count). The number of nitrogens with one attached hydrogen (secondary N) is 2. The van der Waals surface area contributed by atoms with Crippen molar-refractivity contribution in [2.45, 2.75) is 19.4 Å². The van der Waals surface area contributed by atoms with E-state index in [0.717, 1.165) is 47.7 Å². The molecule has 11 heteroatoms. The molecule has 0 unspecified atom stereocenters. The number of fused-ring (bicyclic) bond motifs is 1. The first kappa shape index (κ1) is 29.2. The minimum absolute atomic E-state index is 0.167. The summed E-state index contributed by atoms with van der Waals surface area (Å²) in [5.41, 5.74) is 3.66. The van der Waals surface area contributed by atoms with Gasteiger partial charge in [0.1, 0.15) is 28.0 Å². The zero-order valence-corrected chi connectivity index (χ0v) is 24.0. The van der Waals surface area contributed by atoms with E-state index < -0.39 is 9.84 Å². The monoisotopic (exact) mass is 567 g/mol. The van der Waals surface area contributed by atoms with Gasteiger partial charge in [0.05, 0.1) is 37.7 Å². The van der Waals surface area contributed by atoms with Crippen LogP contribution in [0, 0.1) is 0 Å². The summed E-state index contributed by atoms with van der Waals surface area (Å²) in [6, 6.07) is 17.8. The van der Waals surface area contributed by atoms with Crippen molar-refractivity contribution in [2.75, 3.05) is 51.2 Å². The molecule has 0 saturated heterocycles. The molecule has 2 aliphatic heterocycles. The Labute approximate surface area is 236 Å². The van der Waals surface area contributed by atoms with Gasteiger partial charge in [0.2, 0.25) is 5.88 Å². The van der Waals surface area contributed by atoms with Gasteiger partial charge in [-0.15, -0.1) is 0 Å². The highest BCUT2D eigenvalue weighted by atomic mass is 32.2. The van der Waals surface area contributed by atoms with Crippen LogP contribution in [0.1, 0.15) is 18.4 Å². The number of aliphatic imine (C=N–C) groups is 1. The molecule has 214 valence electrons. The second-order valence-electron chi connectivity index (χ2n) is 9.62. The van der Waals surface area contributed by atoms with Crippen molar-refractivity contribution in [3.8, 4) is 5.75 Å². The number of hydrogen-bond donors (Lipinski definition) is 2. The Kier molecular flexibility index (Phi) is 10.2. The molecular weight excluding hydrogens is 530 g/mol. The Bertz CT molecular complexity index is 1350. The van der Waals surface area contributed by atoms with Crippen molar-refractivity contribution in [3.05, 3.63) is 95.4 Å². The van der Waals surface area contributed by atoms with E-state index in [4.69, 9.17) is 14.3 Å². The molecule has 2 aromatic rings. The maximum Gasteiger partial charge on any atom is 0.218 e. The minimum Gasteiger partial charge on any atom is -0.489 e. The molecule has 0 spiro atoms. The van der Waals surface area contributed by atoms with E-state index in [9.17, 15) is 8.42 Å². The lowest BCUT2D eigenvalue weighted by molar-refractivity contribution is -0.128. The van der Waals surface area contributed by atoms with Crippen LogP contribution in [0.4, 0.5) is 5.69 Å². The molecule has 0 atom stereocenters. The SMILES string of the molecule is COC1=CC2=C(Nc3ccc(OCc4ccccc4)cc3)N=CNC2=CN1OCCCCN(C)CCS(C)(=O)=O. The normalized spacial score (nSPS) is 14.8. The van der Waals surface area contributed by atoms with Crippen LogP contribution >= 0.6 is 0 Å². The van der Waals surface area contributed by atoms with Crippen molar-refractivity contribution in [3.63, 3.8) is 0 Å². The number of hydrogen-bond acceptors (Lipinski definition) is 10. The molecule has 40 heavy (non-hydrogen) atoms. The highest BCUT2D eigenvalue weighted by Gasteiger charge is 2.23. The molecule has 0 saturated carbocycles. The number of unbranched alkanes of at least 4 members (excludes halogenated alkanes) is 1. The van der Waals surface area contributed by atoms with Crippen LogP contribution < -0.4 is 15.4 Å². The molecule has 2 N–H and O–H groups in total. The van der Waals surface area contributed by atoms with E-state index in [-0.39, 0.29) is 5.75 Å². The number of sulfone groups is 1. The summed E-state index contributed by atoms with van der Waals surface area (Å²) in [5.74, 6) is 2.16. The van der Waals surface area contributed by atoms with E-state index in [1.165, 1.54) is 6.26 Å². The lowest BCUT2D eigenvalue weighted by Gasteiger charge is -2.29. The topological polar surface area (TPSA) is 105 Å². The third-order valence-corrected chi connectivity index (χ3v) is 7.20. The molecule has 2 aromatic carbocycles. The second kappa shape index (κ2) is 14.0. The molecule has 0 aliphatic carbocycles. The van der Waals surface area contributed by atoms with E-state index >= 15 is 0 Å². The molecule has 0 radical (unpaired) electrons. The van der Waals surface area contributed by atoms with Gasteiger partial charge in [-0.05, 0) is 56.3 Å². The molecule has 10 nitrogen and oxygen atoms in total. The number of hydroxylamine groups is 2. The van der Waals surface area contributed by atoms with Gasteiger partial charge in [0, 0.05) is 30.1 Å². The third kappa shape index (κ3) is 8.87. The van der Waals surface area contributed by atoms with Crippen LogP contribution in [0.2, 0.25) is 0 Å². The predicted molar refractivity (Wildman–Crippen MR) is 157 cm³/mol. The van der Waals surface area contributed by atoms with E-state index in [2.05, 4.69) is 15.6 Å². The first-order chi connectivity index (χ1) is 19.3. The van der Waals surface area contributed by atoms with E-state index in [1.807, 2.05) is 78.8 Å². The van der Waals surface area contributed by atoms with Crippen LogP contribution in [0.5, 0.6) is 5.75 Å². The molecule has 0 fully saturated rings. The van der Waals surface area contributed by atoms with Gasteiger partial charge >= 0.3 is 0 Å². The molecule has 0 amide bonds. The largest absolute Gasteiger partial charge is 0.489 e. The molecule has 0 bridgehead atoms. The smallest absolute Gasteiger partial charge is 0.218 e. The summed E-state index contributed by atoms with van der Waals surface area (Å²) in [6.07, 6.45) is 8.30. The highest BCUT2D eigenvalue weighted by molar-refractivity contribution is 7.90. The standard InChI is InChI=1S/C29H37N5O5S/c1-33(16-18-40(3,35)36)15-7-8-17-39-34-20-27-26(19-28(34)37-2)29(31-22-30-27)32-24-11-13-25(14-12-24)38-21-23-9-5-4-6-10-23/h4-6,9-14,19-20,22,32H,7-8,15-18,21H2,1-3H3,(H,30,31). The summed E-state index contributed by atoms with van der Waals surface area (Å²) in [7, 11) is 0.573. The maximum atomic E-state index is 11.3. The number of benzene rings is 2. The maximum absolute atomic E-state index is 11.3. The minimum atomic E-state index is -2.95. The Morgan fingerprint density at radius 2 is 1.82 bits per heavy atom. The second-order valence-corrected chi connectivity index (χ2v) is 11.9. The van der Waals surface area contributed by atoms with E-state index in [1.54, 1.807) is 18.5 Å². The first-order valence-electron chi connectivity index (χ1n) is 13.1. The summed E-state index contributed by atoms with van der Waals surface area (Å²) in [5, 5.41) is 8.15. The van der Waals surface area contributed by atoms with Crippen molar-refractivity contribution in [2.24, 2.45) is 4.99 Å². The predicted octanol–water partition coefficient (Wildman–Crippen LogP) is 3.85. The zero-order valence-electron chi connectivity index (χ0n) is 23.2. The number of allylic oxidation sites excluding steroid dienone is 1. The zero-order chi connectivity index (χ0) is 28.4. The van der Waals surface area contributed by atoms with Crippen molar-refractivity contribution in [1.29, 1.82) is 0 Å². The number of nitrogens with zero attached hydrogens (tertiary/aromatic N) is 3. The molecule has 2 aliphatic rings. The molecule has 2 heterocycles. The fourth-order valence-corrected chi connectivity index (χ4v) is 4.65. The van der Waals surface area contributed by atoms with Crippen LogP contribution in [-0.2, 0) is 26.0 Å². The Morgan fingerprint density at radius 1 is 1.05 bits per heavy atom. The number of ether oxygens (including phenoxy) is 2. The average molecular weight is 568 g/mol. The van der Waals surface area contributed by atoms with Gasteiger partial charge in [-0.1, -0.05) is 30.3 Å². The van der Waals surface area contributed by atoms with Gasteiger partial charge < -0.3 is 25.0 Å². The summed E-state index contributed by atoms with van der Waals surface area (Å²) in [6.45, 7) is 2.33. The third-order valence-electron chi connectivity index (χ3n) is 6.27. The Hall–Kier alpha value is -3.80. The van der Waals surface area contributed by atoms with Gasteiger partial charge in [-0.25, -0.2) is 13.4 Å². The average Bonchev–Trinajstić information content (AvgIpc) is 2.95. The fourth-order valence-electron chi connectivity index (χ4n) is 4.00. The van der Waals surface area contributed by atoms with Crippen molar-refractivity contribution in [1.82, 2.24) is 15.3 Å². The summed E-state index contributed by atoms with van der Waals surface area (Å²) < 4.78 is 34.1. The summed E-state index contributed by atoms with van der Waals surface area (Å²) in [4.78, 5) is 12.5. The van der Waals surface area contributed by atoms with Crippen LogP contribution in [-0.4, -0.2) is 70.6 Å². The lowest BCUT2D eigenvalue weighted by atomic mass is 10.1. The van der Waals surface area contributed by atoms with Crippen LogP contribution in [0.15, 0.2) is 94.8 Å². The Morgan fingerprint density at radius 3 is 2.55 bits per heavy atom. The van der Waals surface area contributed by atoms with Gasteiger partial charge in [-0.2, -0.15) is 5.06 Å². The summed E-state index contributed by atoms with van der Waals surface area (Å²) >= 11 is 0. The first-order valence-corrected chi connectivity index (χ1v) is 15.2. The number of rotatable bonds is 15. The molecular formula is C29H37N5O5S. The lowest BCUT2D eigenvalue weighted by Crippen LogP contribution is -2.30. The highest BCUT2D eigenvalue weighted by Crippen LogP contribution is 2.29. The van der Waals surface area contributed by atoms with Gasteiger partial charge in [0.25, 0.3) is 0 Å². The van der Waals surface area contributed by atoms with Crippen molar-refractivity contribution < 1.29 is 22.7 Å². The van der Waals surface area contributed by atoms with Crippen LogP contribution in [0.25, 0.3) is 0 Å². The fraction of sp³-hybridized carbons (Fsp3) is 0.345.